The number of allylic oxidation sites excluding steroid dienone is 1. The second-order valence-corrected chi connectivity index (χ2v) is 8.31. The van der Waals surface area contributed by atoms with E-state index in [0.717, 1.165) is 16.8 Å². The molecule has 2 aromatic carbocycles. The van der Waals surface area contributed by atoms with Crippen LogP contribution in [0.15, 0.2) is 60.7 Å². The fourth-order valence-corrected chi connectivity index (χ4v) is 5.34. The molecule has 5 rings (SSSR count). The number of ketones is 1. The van der Waals surface area contributed by atoms with Crippen molar-refractivity contribution >= 4 is 28.9 Å². The number of hydrogen-bond acceptors (Lipinski definition) is 5. The molecule has 2 amide bonds. The molecule has 6 heteroatoms. The average Bonchev–Trinajstić information content (AvgIpc) is 3.25. The predicted octanol–water partition coefficient (Wildman–Crippen LogP) is 2.79. The molecule has 0 radical (unpaired) electrons. The Bertz CT molecular complexity index is 1090. The largest absolute Gasteiger partial charge is 0.383 e. The lowest BCUT2D eigenvalue weighted by Crippen LogP contribution is -2.49. The van der Waals surface area contributed by atoms with Gasteiger partial charge in [0.15, 0.2) is 5.78 Å². The summed E-state index contributed by atoms with van der Waals surface area (Å²) in [5, 5.41) is 0. The number of likely N-dealkylation sites (tertiary alicyclic amines) is 1. The number of para-hydroxylation sites is 1. The Balaban J connectivity index is 1.65. The topological polar surface area (TPSA) is 66.9 Å². The number of carbonyl (C=O) groups excluding carboxylic acids is 3. The highest BCUT2D eigenvalue weighted by molar-refractivity contribution is 6.14. The molecular formula is C25H24N2O4. The molecule has 0 aliphatic carbocycles. The SMILES string of the molecule is COCCN1C(=O)[C@@H]2[C@H](C1=O)[C@@H](C(=O)c1ccccc1)N1c3ccccc3C(C)=C[C@H]21. The first-order valence-electron chi connectivity index (χ1n) is 10.5. The zero-order valence-electron chi connectivity index (χ0n) is 17.5. The first-order valence-corrected chi connectivity index (χ1v) is 10.5. The number of fused-ring (bicyclic) bond motifs is 5. The zero-order chi connectivity index (χ0) is 21.7. The lowest BCUT2D eigenvalue weighted by atomic mass is 9.85. The smallest absolute Gasteiger partial charge is 0.235 e. The van der Waals surface area contributed by atoms with E-state index in [9.17, 15) is 14.4 Å². The van der Waals surface area contributed by atoms with Gasteiger partial charge in [0, 0.05) is 23.9 Å². The highest BCUT2D eigenvalue weighted by Gasteiger charge is 2.64. The lowest BCUT2D eigenvalue weighted by molar-refractivity contribution is -0.141. The number of Topliss-reactive ketones (excluding diaryl/α,β-unsaturated/α-hetero) is 1. The van der Waals surface area contributed by atoms with Crippen molar-refractivity contribution in [1.29, 1.82) is 0 Å². The van der Waals surface area contributed by atoms with E-state index in [1.54, 1.807) is 19.2 Å². The van der Waals surface area contributed by atoms with Crippen molar-refractivity contribution < 1.29 is 19.1 Å². The molecule has 0 saturated carbocycles. The number of carbonyl (C=O) groups is 3. The summed E-state index contributed by atoms with van der Waals surface area (Å²) >= 11 is 0. The average molecular weight is 416 g/mol. The second kappa shape index (κ2) is 7.46. The van der Waals surface area contributed by atoms with E-state index in [0.29, 0.717) is 5.56 Å². The summed E-state index contributed by atoms with van der Waals surface area (Å²) in [6.45, 7) is 2.50. The number of ether oxygens (including phenoxy) is 1. The van der Waals surface area contributed by atoms with Gasteiger partial charge in [-0.05, 0) is 18.6 Å². The van der Waals surface area contributed by atoms with Gasteiger partial charge in [-0.2, -0.15) is 0 Å². The van der Waals surface area contributed by atoms with E-state index in [4.69, 9.17) is 4.74 Å². The van der Waals surface area contributed by atoms with Gasteiger partial charge < -0.3 is 9.64 Å². The molecule has 0 aromatic heterocycles. The Hall–Kier alpha value is -3.25. The number of methoxy groups -OCH3 is 1. The molecule has 31 heavy (non-hydrogen) atoms. The summed E-state index contributed by atoms with van der Waals surface area (Å²) in [4.78, 5) is 43.8. The number of amides is 2. The van der Waals surface area contributed by atoms with Gasteiger partial charge in [-0.15, -0.1) is 0 Å². The van der Waals surface area contributed by atoms with Gasteiger partial charge in [0.25, 0.3) is 0 Å². The monoisotopic (exact) mass is 416 g/mol. The Morgan fingerprint density at radius 1 is 0.968 bits per heavy atom. The van der Waals surface area contributed by atoms with Crippen molar-refractivity contribution in [3.05, 3.63) is 71.8 Å². The number of nitrogens with zero attached hydrogens (tertiary/aromatic N) is 2. The van der Waals surface area contributed by atoms with Crippen LogP contribution in [0.3, 0.4) is 0 Å². The van der Waals surface area contributed by atoms with Crippen LogP contribution >= 0.6 is 0 Å². The molecule has 3 heterocycles. The van der Waals surface area contributed by atoms with Crippen LogP contribution in [-0.2, 0) is 14.3 Å². The van der Waals surface area contributed by atoms with Gasteiger partial charge in [0.1, 0.15) is 6.04 Å². The molecule has 0 spiro atoms. The predicted molar refractivity (Wildman–Crippen MR) is 116 cm³/mol. The lowest BCUT2D eigenvalue weighted by Gasteiger charge is -2.38. The van der Waals surface area contributed by atoms with E-state index < -0.39 is 17.9 Å². The fourth-order valence-electron chi connectivity index (χ4n) is 5.34. The van der Waals surface area contributed by atoms with E-state index in [1.165, 1.54) is 4.90 Å². The van der Waals surface area contributed by atoms with Crippen LogP contribution in [-0.4, -0.2) is 54.8 Å². The Labute approximate surface area is 181 Å². The molecule has 4 atom stereocenters. The van der Waals surface area contributed by atoms with Crippen LogP contribution in [0, 0.1) is 11.8 Å². The van der Waals surface area contributed by atoms with E-state index in [1.807, 2.05) is 60.4 Å². The van der Waals surface area contributed by atoms with Gasteiger partial charge in [-0.1, -0.05) is 54.6 Å². The maximum absolute atomic E-state index is 13.7. The van der Waals surface area contributed by atoms with Crippen LogP contribution in [0.25, 0.3) is 5.57 Å². The number of anilines is 1. The highest BCUT2D eigenvalue weighted by atomic mass is 16.5. The Kier molecular flexibility index (Phi) is 4.74. The van der Waals surface area contributed by atoms with Gasteiger partial charge >= 0.3 is 0 Å². The maximum Gasteiger partial charge on any atom is 0.235 e. The number of benzene rings is 2. The molecule has 2 fully saturated rings. The summed E-state index contributed by atoms with van der Waals surface area (Å²) in [6.07, 6.45) is 2.04. The third-order valence-corrected chi connectivity index (χ3v) is 6.69. The zero-order valence-corrected chi connectivity index (χ0v) is 17.5. The first kappa shape index (κ1) is 19.7. The van der Waals surface area contributed by atoms with Crippen molar-refractivity contribution in [1.82, 2.24) is 4.90 Å². The number of hydrogen-bond donors (Lipinski definition) is 0. The van der Waals surface area contributed by atoms with Crippen LogP contribution in [0.1, 0.15) is 22.8 Å². The normalized spacial score (nSPS) is 26.5. The van der Waals surface area contributed by atoms with Crippen molar-refractivity contribution in [2.75, 3.05) is 25.2 Å². The minimum absolute atomic E-state index is 0.129. The molecule has 0 N–H and O–H groups in total. The minimum Gasteiger partial charge on any atom is -0.383 e. The third kappa shape index (κ3) is 2.86. The highest BCUT2D eigenvalue weighted by Crippen LogP contribution is 2.50. The van der Waals surface area contributed by atoms with Crippen LogP contribution < -0.4 is 4.90 Å². The molecule has 0 unspecified atom stereocenters. The first-order chi connectivity index (χ1) is 15.0. The van der Waals surface area contributed by atoms with Gasteiger partial charge in [-0.25, -0.2) is 0 Å². The van der Waals surface area contributed by atoms with Crippen molar-refractivity contribution in [2.24, 2.45) is 11.8 Å². The standard InChI is InChI=1S/C25H24N2O4/c1-15-14-19-20-21(25(30)26(24(20)29)12-13-31-2)22(23(28)16-8-4-3-5-9-16)27(19)18-11-7-6-10-17(15)18/h3-11,14,19-22H,12-13H2,1-2H3/t19-,20+,21+,22+/m1/s1. The Morgan fingerprint density at radius 2 is 1.65 bits per heavy atom. The van der Waals surface area contributed by atoms with E-state index in [-0.39, 0.29) is 36.8 Å². The summed E-state index contributed by atoms with van der Waals surface area (Å²) < 4.78 is 5.10. The summed E-state index contributed by atoms with van der Waals surface area (Å²) in [5.41, 5.74) is 3.53. The molecule has 3 aliphatic heterocycles. The molecule has 2 aromatic rings. The quantitative estimate of drug-likeness (QED) is 0.554. The third-order valence-electron chi connectivity index (χ3n) is 6.69. The van der Waals surface area contributed by atoms with Gasteiger partial charge in [0.05, 0.1) is 31.0 Å². The second-order valence-electron chi connectivity index (χ2n) is 8.31. The molecule has 6 nitrogen and oxygen atoms in total. The number of imide groups is 1. The summed E-state index contributed by atoms with van der Waals surface area (Å²) in [6, 6.07) is 15.9. The van der Waals surface area contributed by atoms with Crippen LogP contribution in [0.5, 0.6) is 0 Å². The molecule has 3 aliphatic rings. The summed E-state index contributed by atoms with van der Waals surface area (Å²) in [5.74, 6) is -1.91. The van der Waals surface area contributed by atoms with Crippen molar-refractivity contribution in [3.63, 3.8) is 0 Å². The molecule has 0 bridgehead atoms. The van der Waals surface area contributed by atoms with Gasteiger partial charge in [-0.3, -0.25) is 19.3 Å². The summed E-state index contributed by atoms with van der Waals surface area (Å²) in [7, 11) is 1.54. The van der Waals surface area contributed by atoms with Crippen molar-refractivity contribution in [2.45, 2.75) is 19.0 Å². The van der Waals surface area contributed by atoms with Crippen molar-refractivity contribution in [3.8, 4) is 0 Å². The minimum atomic E-state index is -0.730. The fraction of sp³-hybridized carbons (Fsp3) is 0.320. The van der Waals surface area contributed by atoms with E-state index in [2.05, 4.69) is 0 Å². The van der Waals surface area contributed by atoms with E-state index >= 15 is 0 Å². The molecule has 158 valence electrons. The van der Waals surface area contributed by atoms with Crippen LogP contribution in [0.4, 0.5) is 5.69 Å². The molecule has 2 saturated heterocycles. The maximum atomic E-state index is 13.7. The molecular weight excluding hydrogens is 392 g/mol. The van der Waals surface area contributed by atoms with Crippen LogP contribution in [0.2, 0.25) is 0 Å². The van der Waals surface area contributed by atoms with Gasteiger partial charge in [0.2, 0.25) is 11.8 Å². The number of rotatable bonds is 5. The Morgan fingerprint density at radius 3 is 2.39 bits per heavy atom.